The first kappa shape index (κ1) is 11.0. The van der Waals surface area contributed by atoms with Crippen LogP contribution in [0.15, 0.2) is 22.7 Å². The lowest BCUT2D eigenvalue weighted by Crippen LogP contribution is -2.22. The number of benzene rings is 1. The number of aliphatic carboxylic acids is 1. The summed E-state index contributed by atoms with van der Waals surface area (Å²) in [7, 11) is 0. The number of aryl methyl sites for hydroxylation is 1. The maximum Gasteiger partial charge on any atom is 0.344 e. The van der Waals surface area contributed by atoms with Gasteiger partial charge in [-0.1, -0.05) is 22.0 Å². The van der Waals surface area contributed by atoms with Gasteiger partial charge in [0.1, 0.15) is 5.75 Å². The van der Waals surface area contributed by atoms with E-state index in [9.17, 15) is 4.79 Å². The van der Waals surface area contributed by atoms with Gasteiger partial charge in [0.05, 0.1) is 0 Å². The lowest BCUT2D eigenvalue weighted by atomic mass is 10.2. The SMILES string of the molecule is Cc1ccc(O[C@H](C)C(=O)O)cc1Br. The molecule has 0 aliphatic rings. The van der Waals surface area contributed by atoms with Crippen LogP contribution in [0.25, 0.3) is 0 Å². The Balaban J connectivity index is 2.78. The molecule has 76 valence electrons. The zero-order chi connectivity index (χ0) is 10.7. The Hall–Kier alpha value is -1.03. The van der Waals surface area contributed by atoms with Crippen LogP contribution in [0.5, 0.6) is 5.75 Å². The van der Waals surface area contributed by atoms with Gasteiger partial charge in [-0.05, 0) is 31.5 Å². The summed E-state index contributed by atoms with van der Waals surface area (Å²) in [4.78, 5) is 10.5. The zero-order valence-electron chi connectivity index (χ0n) is 7.95. The van der Waals surface area contributed by atoms with Crippen LogP contribution in [0.4, 0.5) is 0 Å². The molecule has 1 atom stereocenters. The monoisotopic (exact) mass is 258 g/mol. The molecule has 1 N–H and O–H groups in total. The van der Waals surface area contributed by atoms with Crippen LogP contribution in [0.3, 0.4) is 0 Å². The van der Waals surface area contributed by atoms with Gasteiger partial charge in [0.15, 0.2) is 6.10 Å². The summed E-state index contributed by atoms with van der Waals surface area (Å²) in [6, 6.07) is 5.38. The van der Waals surface area contributed by atoms with E-state index in [1.54, 1.807) is 12.1 Å². The molecular formula is C10H11BrO3. The molecule has 1 aromatic carbocycles. The minimum Gasteiger partial charge on any atom is -0.479 e. The van der Waals surface area contributed by atoms with E-state index in [1.165, 1.54) is 6.92 Å². The Morgan fingerprint density at radius 2 is 2.21 bits per heavy atom. The van der Waals surface area contributed by atoms with Gasteiger partial charge >= 0.3 is 5.97 Å². The van der Waals surface area contributed by atoms with E-state index in [1.807, 2.05) is 13.0 Å². The number of halogens is 1. The number of ether oxygens (including phenoxy) is 1. The number of carbonyl (C=O) groups is 1. The first-order valence-electron chi connectivity index (χ1n) is 4.16. The predicted octanol–water partition coefficient (Wildman–Crippen LogP) is 2.61. The number of hydrogen-bond acceptors (Lipinski definition) is 2. The van der Waals surface area contributed by atoms with Gasteiger partial charge in [-0.2, -0.15) is 0 Å². The van der Waals surface area contributed by atoms with Gasteiger partial charge in [0.2, 0.25) is 0 Å². The van der Waals surface area contributed by atoms with Crippen molar-refractivity contribution < 1.29 is 14.6 Å². The summed E-state index contributed by atoms with van der Waals surface area (Å²) in [5, 5.41) is 8.63. The smallest absolute Gasteiger partial charge is 0.344 e. The van der Waals surface area contributed by atoms with Gasteiger partial charge in [0, 0.05) is 4.47 Å². The molecule has 0 bridgehead atoms. The number of rotatable bonds is 3. The number of carboxylic acids is 1. The highest BCUT2D eigenvalue weighted by molar-refractivity contribution is 9.10. The van der Waals surface area contributed by atoms with Crippen LogP contribution in [-0.4, -0.2) is 17.2 Å². The molecule has 0 amide bonds. The second-order valence-electron chi connectivity index (χ2n) is 3.01. The van der Waals surface area contributed by atoms with Gasteiger partial charge in [-0.25, -0.2) is 4.79 Å². The highest BCUT2D eigenvalue weighted by Gasteiger charge is 2.12. The molecule has 0 radical (unpaired) electrons. The highest BCUT2D eigenvalue weighted by atomic mass is 79.9. The van der Waals surface area contributed by atoms with Crippen molar-refractivity contribution in [2.45, 2.75) is 20.0 Å². The van der Waals surface area contributed by atoms with E-state index >= 15 is 0 Å². The number of carboxylic acid groups (broad SMARTS) is 1. The van der Waals surface area contributed by atoms with Gasteiger partial charge in [-0.3, -0.25) is 0 Å². The molecule has 0 aliphatic heterocycles. The van der Waals surface area contributed by atoms with Crippen LogP contribution in [0, 0.1) is 6.92 Å². The van der Waals surface area contributed by atoms with Crippen molar-refractivity contribution in [3.63, 3.8) is 0 Å². The first-order chi connectivity index (χ1) is 6.50. The lowest BCUT2D eigenvalue weighted by molar-refractivity contribution is -0.144. The average molecular weight is 259 g/mol. The van der Waals surface area contributed by atoms with E-state index in [2.05, 4.69) is 15.9 Å². The standard InChI is InChI=1S/C10H11BrO3/c1-6-3-4-8(5-9(6)11)14-7(2)10(12)13/h3-5,7H,1-2H3,(H,12,13)/t7-/m1/s1. The van der Waals surface area contributed by atoms with Gasteiger partial charge < -0.3 is 9.84 Å². The summed E-state index contributed by atoms with van der Waals surface area (Å²) in [6.45, 7) is 3.45. The molecule has 1 aromatic rings. The van der Waals surface area contributed by atoms with Crippen LogP contribution in [0.1, 0.15) is 12.5 Å². The predicted molar refractivity (Wildman–Crippen MR) is 56.6 cm³/mol. The molecule has 0 aromatic heterocycles. The lowest BCUT2D eigenvalue weighted by Gasteiger charge is -2.10. The molecule has 0 aliphatic carbocycles. The third kappa shape index (κ3) is 2.73. The molecule has 0 spiro atoms. The average Bonchev–Trinajstić information content (AvgIpc) is 2.11. The molecule has 3 nitrogen and oxygen atoms in total. The fraction of sp³-hybridized carbons (Fsp3) is 0.300. The van der Waals surface area contributed by atoms with Crippen LogP contribution in [-0.2, 0) is 4.79 Å². The molecular weight excluding hydrogens is 248 g/mol. The Labute approximate surface area is 90.8 Å². The normalized spacial score (nSPS) is 12.2. The quantitative estimate of drug-likeness (QED) is 0.907. The van der Waals surface area contributed by atoms with E-state index < -0.39 is 12.1 Å². The topological polar surface area (TPSA) is 46.5 Å². The minimum atomic E-state index is -0.971. The molecule has 1 rings (SSSR count). The Bertz CT molecular complexity index is 349. The Morgan fingerprint density at radius 1 is 1.57 bits per heavy atom. The molecule has 0 fully saturated rings. The first-order valence-corrected chi connectivity index (χ1v) is 4.95. The summed E-state index contributed by atoms with van der Waals surface area (Å²) in [6.07, 6.45) is -0.829. The van der Waals surface area contributed by atoms with Crippen molar-refractivity contribution in [2.75, 3.05) is 0 Å². The summed E-state index contributed by atoms with van der Waals surface area (Å²) < 4.78 is 6.09. The van der Waals surface area contributed by atoms with Crippen molar-refractivity contribution in [2.24, 2.45) is 0 Å². The molecule has 0 unspecified atom stereocenters. The van der Waals surface area contributed by atoms with Gasteiger partial charge in [0.25, 0.3) is 0 Å². The maximum atomic E-state index is 10.5. The third-order valence-corrected chi connectivity index (χ3v) is 2.66. The van der Waals surface area contributed by atoms with Crippen molar-refractivity contribution in [3.05, 3.63) is 28.2 Å². The molecule has 0 saturated carbocycles. The van der Waals surface area contributed by atoms with Crippen molar-refractivity contribution >= 4 is 21.9 Å². The molecule has 4 heteroatoms. The van der Waals surface area contributed by atoms with Crippen molar-refractivity contribution in [1.29, 1.82) is 0 Å². The second kappa shape index (κ2) is 4.46. The summed E-state index contributed by atoms with van der Waals surface area (Å²) in [5.41, 5.74) is 1.08. The molecule has 0 heterocycles. The van der Waals surface area contributed by atoms with Gasteiger partial charge in [-0.15, -0.1) is 0 Å². The van der Waals surface area contributed by atoms with E-state index in [0.29, 0.717) is 5.75 Å². The zero-order valence-corrected chi connectivity index (χ0v) is 9.54. The van der Waals surface area contributed by atoms with E-state index in [4.69, 9.17) is 9.84 Å². The van der Waals surface area contributed by atoms with E-state index in [0.717, 1.165) is 10.0 Å². The van der Waals surface area contributed by atoms with Crippen LogP contribution in [0.2, 0.25) is 0 Å². The highest BCUT2D eigenvalue weighted by Crippen LogP contribution is 2.22. The second-order valence-corrected chi connectivity index (χ2v) is 3.86. The minimum absolute atomic E-state index is 0.553. The molecule has 0 saturated heterocycles. The fourth-order valence-electron chi connectivity index (χ4n) is 0.901. The van der Waals surface area contributed by atoms with Crippen molar-refractivity contribution in [1.82, 2.24) is 0 Å². The Kier molecular flexibility index (Phi) is 3.52. The van der Waals surface area contributed by atoms with E-state index in [-0.39, 0.29) is 0 Å². The maximum absolute atomic E-state index is 10.5. The Morgan fingerprint density at radius 3 is 2.71 bits per heavy atom. The third-order valence-electron chi connectivity index (χ3n) is 1.80. The fourth-order valence-corrected chi connectivity index (χ4v) is 1.26. The van der Waals surface area contributed by atoms with Crippen molar-refractivity contribution in [3.8, 4) is 5.75 Å². The van der Waals surface area contributed by atoms with Crippen LogP contribution >= 0.6 is 15.9 Å². The van der Waals surface area contributed by atoms with Crippen LogP contribution < -0.4 is 4.74 Å². The summed E-state index contributed by atoms with van der Waals surface area (Å²) in [5.74, 6) is -0.418. The number of hydrogen-bond donors (Lipinski definition) is 1. The molecule has 14 heavy (non-hydrogen) atoms. The largest absolute Gasteiger partial charge is 0.479 e. The summed E-state index contributed by atoms with van der Waals surface area (Å²) >= 11 is 3.35.